The van der Waals surface area contributed by atoms with Crippen LogP contribution in [-0.4, -0.2) is 0 Å². The molecule has 0 heterocycles. The van der Waals surface area contributed by atoms with Crippen LogP contribution in [0.1, 0.15) is 120 Å². The molecule has 0 amide bonds. The Balaban J connectivity index is 4.05. The maximum absolute atomic E-state index is 2.43. The summed E-state index contributed by atoms with van der Waals surface area (Å²) in [6.07, 6.45) is 26.2. The number of hydrogen-bond acceptors (Lipinski definition) is 0. The zero-order chi connectivity index (χ0) is 22.8. The summed E-state index contributed by atoms with van der Waals surface area (Å²) in [5.74, 6) is 0. The summed E-state index contributed by atoms with van der Waals surface area (Å²) in [6, 6.07) is 0. The fraction of sp³-hybridized carbons (Fsp3) is 0.600. The third-order valence-corrected chi connectivity index (χ3v) is 5.40. The van der Waals surface area contributed by atoms with Crippen LogP contribution >= 0.6 is 0 Å². The largest absolute Gasteiger partial charge is 0.0856 e. The van der Waals surface area contributed by atoms with Gasteiger partial charge in [0.15, 0.2) is 0 Å². The Morgan fingerprint density at radius 3 is 0.833 bits per heavy atom. The van der Waals surface area contributed by atoms with Gasteiger partial charge in [0.1, 0.15) is 0 Å². The second kappa shape index (κ2) is 18.2. The molecule has 0 aromatic carbocycles. The molecular weight excluding hydrogens is 360 g/mol. The normalized spacial score (nSPS) is 13.5. The van der Waals surface area contributed by atoms with E-state index in [0.717, 1.165) is 0 Å². The predicted molar refractivity (Wildman–Crippen MR) is 140 cm³/mol. The lowest BCUT2D eigenvalue weighted by Gasteiger charge is -2.02. The molecule has 0 saturated carbocycles. The van der Waals surface area contributed by atoms with Crippen molar-refractivity contribution in [1.29, 1.82) is 0 Å². The van der Waals surface area contributed by atoms with Crippen molar-refractivity contribution in [3.05, 3.63) is 69.9 Å². The van der Waals surface area contributed by atoms with E-state index >= 15 is 0 Å². The molecule has 0 fully saturated rings. The van der Waals surface area contributed by atoms with Crippen LogP contribution in [-0.2, 0) is 0 Å². The Labute approximate surface area is 189 Å². The van der Waals surface area contributed by atoms with Crippen LogP contribution in [0.3, 0.4) is 0 Å². The monoisotopic (exact) mass is 410 g/mol. The van der Waals surface area contributed by atoms with Crippen LogP contribution in [0, 0.1) is 0 Å². The smallest absolute Gasteiger partial charge is 0.0288 e. The zero-order valence-corrected chi connectivity index (χ0v) is 21.5. The molecule has 0 saturated heterocycles. The molecule has 0 heteroatoms. The standard InChI is InChI=1S/C30H50/c1-25(2)15-11-19-29(7)23-13-21-27(5)17-9-10-18-28(6)22-14-24-30(8)20-12-16-26(3)4/h15-18,23-24H,9-14,19-22H2,1-8H3/b27-17-,28-18-,29-23+,30-24+. The predicted octanol–water partition coefficient (Wildman–Crippen LogP) is 10.6. The van der Waals surface area contributed by atoms with Crippen molar-refractivity contribution < 1.29 is 0 Å². The van der Waals surface area contributed by atoms with Crippen LogP contribution in [0.4, 0.5) is 0 Å². The Kier molecular flexibility index (Phi) is 17.3. The number of allylic oxidation sites excluding steroid dienone is 12. The molecule has 0 spiro atoms. The van der Waals surface area contributed by atoms with Gasteiger partial charge in [0.25, 0.3) is 0 Å². The highest BCUT2D eigenvalue weighted by Gasteiger charge is 1.94. The summed E-state index contributed by atoms with van der Waals surface area (Å²) in [5.41, 5.74) is 8.97. The van der Waals surface area contributed by atoms with E-state index in [9.17, 15) is 0 Å². The summed E-state index contributed by atoms with van der Waals surface area (Å²) >= 11 is 0. The van der Waals surface area contributed by atoms with Gasteiger partial charge < -0.3 is 0 Å². The molecule has 0 atom stereocenters. The summed E-state index contributed by atoms with van der Waals surface area (Å²) in [4.78, 5) is 0. The summed E-state index contributed by atoms with van der Waals surface area (Å²) in [6.45, 7) is 17.8. The molecule has 0 bridgehead atoms. The van der Waals surface area contributed by atoms with Crippen LogP contribution in [0.15, 0.2) is 69.9 Å². The molecule has 170 valence electrons. The highest BCUT2D eigenvalue weighted by atomic mass is 14.0. The van der Waals surface area contributed by atoms with Gasteiger partial charge >= 0.3 is 0 Å². The third-order valence-electron chi connectivity index (χ3n) is 5.40. The highest BCUT2D eigenvalue weighted by molar-refractivity contribution is 5.08. The molecule has 0 aromatic rings. The Hall–Kier alpha value is -1.56. The number of rotatable bonds is 15. The van der Waals surface area contributed by atoms with E-state index in [-0.39, 0.29) is 0 Å². The van der Waals surface area contributed by atoms with Gasteiger partial charge in [-0.3, -0.25) is 0 Å². The van der Waals surface area contributed by atoms with E-state index in [4.69, 9.17) is 0 Å². The van der Waals surface area contributed by atoms with Crippen LogP contribution in [0.25, 0.3) is 0 Å². The van der Waals surface area contributed by atoms with E-state index in [2.05, 4.69) is 91.8 Å². The molecule has 0 aliphatic carbocycles. The first-order chi connectivity index (χ1) is 14.2. The lowest BCUT2D eigenvalue weighted by molar-refractivity contribution is 0.896. The van der Waals surface area contributed by atoms with Gasteiger partial charge in [-0.05, 0) is 120 Å². The fourth-order valence-corrected chi connectivity index (χ4v) is 3.34. The fourth-order valence-electron chi connectivity index (χ4n) is 3.34. The Morgan fingerprint density at radius 2 is 0.567 bits per heavy atom. The van der Waals surface area contributed by atoms with Gasteiger partial charge in [-0.1, -0.05) is 69.9 Å². The minimum absolute atomic E-state index is 1.17. The summed E-state index contributed by atoms with van der Waals surface area (Å²) in [7, 11) is 0. The molecule has 0 N–H and O–H groups in total. The van der Waals surface area contributed by atoms with Gasteiger partial charge in [0.2, 0.25) is 0 Å². The van der Waals surface area contributed by atoms with Crippen molar-refractivity contribution >= 4 is 0 Å². The first-order valence-electron chi connectivity index (χ1n) is 12.1. The van der Waals surface area contributed by atoms with E-state index < -0.39 is 0 Å². The van der Waals surface area contributed by atoms with E-state index in [0.29, 0.717) is 0 Å². The van der Waals surface area contributed by atoms with Gasteiger partial charge in [0, 0.05) is 0 Å². The summed E-state index contributed by atoms with van der Waals surface area (Å²) < 4.78 is 0. The van der Waals surface area contributed by atoms with Gasteiger partial charge in [-0.15, -0.1) is 0 Å². The van der Waals surface area contributed by atoms with Crippen molar-refractivity contribution in [1.82, 2.24) is 0 Å². The van der Waals surface area contributed by atoms with Crippen molar-refractivity contribution in [2.75, 3.05) is 0 Å². The first-order valence-corrected chi connectivity index (χ1v) is 12.1. The molecule has 0 aliphatic heterocycles. The van der Waals surface area contributed by atoms with E-state index in [1.807, 2.05) is 0 Å². The van der Waals surface area contributed by atoms with E-state index in [1.54, 1.807) is 0 Å². The number of unbranched alkanes of at least 4 members (excludes halogenated alkanes) is 1. The topological polar surface area (TPSA) is 0 Å². The van der Waals surface area contributed by atoms with Crippen LogP contribution < -0.4 is 0 Å². The van der Waals surface area contributed by atoms with Crippen molar-refractivity contribution in [2.45, 2.75) is 120 Å². The van der Waals surface area contributed by atoms with E-state index in [1.165, 1.54) is 97.6 Å². The maximum atomic E-state index is 2.43. The molecular formula is C30H50. The Bertz CT molecular complexity index is 578. The average Bonchev–Trinajstić information content (AvgIpc) is 2.64. The van der Waals surface area contributed by atoms with Crippen molar-refractivity contribution in [2.24, 2.45) is 0 Å². The molecule has 0 nitrogen and oxygen atoms in total. The number of hydrogen-bond donors (Lipinski definition) is 0. The lowest BCUT2D eigenvalue weighted by Crippen LogP contribution is -1.82. The minimum atomic E-state index is 1.17. The van der Waals surface area contributed by atoms with Gasteiger partial charge in [0.05, 0.1) is 0 Å². The van der Waals surface area contributed by atoms with Crippen LogP contribution in [0.5, 0.6) is 0 Å². The van der Waals surface area contributed by atoms with Gasteiger partial charge in [-0.2, -0.15) is 0 Å². The molecule has 0 rings (SSSR count). The van der Waals surface area contributed by atoms with Crippen LogP contribution in [0.2, 0.25) is 0 Å². The first kappa shape index (κ1) is 28.4. The quantitative estimate of drug-likeness (QED) is 0.186. The molecule has 0 unspecified atom stereocenters. The molecule has 0 radical (unpaired) electrons. The molecule has 0 aromatic heterocycles. The van der Waals surface area contributed by atoms with Crippen molar-refractivity contribution in [3.63, 3.8) is 0 Å². The highest BCUT2D eigenvalue weighted by Crippen LogP contribution is 2.14. The lowest BCUT2D eigenvalue weighted by atomic mass is 10.0. The SMILES string of the molecule is CC(C)=CCC/C(C)=C/CC/C(C)=C\CC/C=C(/C)CC/C=C(\C)CCC=C(C)C. The molecule has 30 heavy (non-hydrogen) atoms. The minimum Gasteiger partial charge on any atom is -0.0856 e. The summed E-state index contributed by atoms with van der Waals surface area (Å²) in [5, 5.41) is 0. The second-order valence-electron chi connectivity index (χ2n) is 9.50. The van der Waals surface area contributed by atoms with Gasteiger partial charge in [-0.25, -0.2) is 0 Å². The third kappa shape index (κ3) is 19.7. The zero-order valence-electron chi connectivity index (χ0n) is 21.5. The molecule has 0 aliphatic rings. The second-order valence-corrected chi connectivity index (χ2v) is 9.50. The van der Waals surface area contributed by atoms with Crippen molar-refractivity contribution in [3.8, 4) is 0 Å². The maximum Gasteiger partial charge on any atom is -0.0288 e. The Morgan fingerprint density at radius 1 is 0.333 bits per heavy atom. The average molecular weight is 411 g/mol.